The van der Waals surface area contributed by atoms with Crippen molar-refractivity contribution in [1.29, 1.82) is 0 Å². The number of piperidine rings is 1. The van der Waals surface area contributed by atoms with Crippen LogP contribution in [0.3, 0.4) is 0 Å². The van der Waals surface area contributed by atoms with Crippen LogP contribution in [-0.4, -0.2) is 46.7 Å². The number of amides is 2. The van der Waals surface area contributed by atoms with Crippen LogP contribution in [0.1, 0.15) is 44.0 Å². The van der Waals surface area contributed by atoms with Crippen molar-refractivity contribution in [3.8, 4) is 5.75 Å². The Morgan fingerprint density at radius 2 is 2.08 bits per heavy atom. The summed E-state index contributed by atoms with van der Waals surface area (Å²) in [6.45, 7) is 6.32. The second-order valence-corrected chi connectivity index (χ2v) is 7.33. The van der Waals surface area contributed by atoms with Gasteiger partial charge in [0, 0.05) is 24.2 Å². The van der Waals surface area contributed by atoms with Crippen LogP contribution in [-0.2, 0) is 4.74 Å². The van der Waals surface area contributed by atoms with Crippen molar-refractivity contribution in [3.63, 3.8) is 0 Å². The third kappa shape index (κ3) is 5.03. The zero-order chi connectivity index (χ0) is 17.9. The molecule has 0 radical (unpaired) electrons. The lowest BCUT2D eigenvalue weighted by atomic mass is 10.0. The molecule has 6 nitrogen and oxygen atoms in total. The first-order chi connectivity index (χ1) is 11.2. The molecule has 7 heteroatoms. The normalized spacial score (nSPS) is 18.2. The monoisotopic (exact) mass is 354 g/mol. The number of carbonyl (C=O) groups excluding carboxylic acids is 2. The highest BCUT2D eigenvalue weighted by atomic mass is 35.5. The molecule has 1 saturated heterocycles. The van der Waals surface area contributed by atoms with E-state index in [1.165, 1.54) is 18.2 Å². The summed E-state index contributed by atoms with van der Waals surface area (Å²) in [4.78, 5) is 26.1. The molecule has 1 atom stereocenters. The van der Waals surface area contributed by atoms with Gasteiger partial charge < -0.3 is 20.1 Å². The predicted molar refractivity (Wildman–Crippen MR) is 91.4 cm³/mol. The van der Waals surface area contributed by atoms with Crippen molar-refractivity contribution in [2.45, 2.75) is 45.3 Å². The number of ether oxygens (including phenoxy) is 1. The fourth-order valence-corrected chi connectivity index (χ4v) is 2.78. The maximum Gasteiger partial charge on any atom is 0.407 e. The first kappa shape index (κ1) is 18.4. The van der Waals surface area contributed by atoms with Gasteiger partial charge in [-0.15, -0.1) is 0 Å². The number of likely N-dealkylation sites (tertiary alicyclic amines) is 1. The molecule has 1 aromatic carbocycles. The predicted octanol–water partition coefficient (Wildman–Crippen LogP) is 3.17. The number of aromatic hydroxyl groups is 1. The molecule has 132 valence electrons. The molecule has 2 N–H and O–H groups in total. The number of nitrogens with one attached hydrogen (secondary N) is 1. The molecule has 1 fully saturated rings. The van der Waals surface area contributed by atoms with E-state index in [4.69, 9.17) is 16.3 Å². The molecule has 0 spiro atoms. The number of halogens is 1. The lowest BCUT2D eigenvalue weighted by molar-refractivity contribution is 0.0451. The first-order valence-corrected chi connectivity index (χ1v) is 8.31. The lowest BCUT2D eigenvalue weighted by Gasteiger charge is -2.33. The molecule has 0 aliphatic carbocycles. The van der Waals surface area contributed by atoms with E-state index in [2.05, 4.69) is 5.32 Å². The van der Waals surface area contributed by atoms with Gasteiger partial charge in [0.15, 0.2) is 0 Å². The minimum atomic E-state index is -0.569. The standard InChI is InChI=1S/C17H23ClN2O4/c1-17(2,3)24-16(23)19-12-5-4-8-20(10-12)15(22)13-9-11(18)6-7-14(13)21/h6-7,9,12,21H,4-5,8,10H2,1-3H3,(H,19,23). The van der Waals surface area contributed by atoms with Crippen LogP contribution in [0.5, 0.6) is 5.75 Å². The quantitative estimate of drug-likeness (QED) is 0.855. The van der Waals surface area contributed by atoms with E-state index < -0.39 is 11.7 Å². The van der Waals surface area contributed by atoms with E-state index in [-0.39, 0.29) is 23.3 Å². The van der Waals surface area contributed by atoms with Crippen LogP contribution >= 0.6 is 11.6 Å². The van der Waals surface area contributed by atoms with E-state index >= 15 is 0 Å². The average Bonchev–Trinajstić information content (AvgIpc) is 2.47. The zero-order valence-corrected chi connectivity index (χ0v) is 14.9. The molecule has 1 aliphatic heterocycles. The number of hydrogen-bond acceptors (Lipinski definition) is 4. The van der Waals surface area contributed by atoms with Crippen LogP contribution in [0, 0.1) is 0 Å². The van der Waals surface area contributed by atoms with Crippen molar-refractivity contribution >= 4 is 23.6 Å². The Hall–Kier alpha value is -1.95. The number of phenols is 1. The minimum Gasteiger partial charge on any atom is -0.507 e. The van der Waals surface area contributed by atoms with Crippen LogP contribution in [0.2, 0.25) is 5.02 Å². The van der Waals surface area contributed by atoms with Gasteiger partial charge in [0.1, 0.15) is 11.4 Å². The maximum absolute atomic E-state index is 12.6. The number of phenolic OH excluding ortho intramolecular Hbond substituents is 1. The smallest absolute Gasteiger partial charge is 0.407 e. The largest absolute Gasteiger partial charge is 0.507 e. The second-order valence-electron chi connectivity index (χ2n) is 6.90. The molecule has 1 aliphatic rings. The van der Waals surface area contributed by atoms with Crippen LogP contribution in [0.25, 0.3) is 0 Å². The number of nitrogens with zero attached hydrogens (tertiary/aromatic N) is 1. The van der Waals surface area contributed by atoms with Gasteiger partial charge in [-0.25, -0.2) is 4.79 Å². The van der Waals surface area contributed by atoms with Gasteiger partial charge in [-0.3, -0.25) is 4.79 Å². The molecular weight excluding hydrogens is 332 g/mol. The molecule has 1 aromatic rings. The Morgan fingerprint density at radius 3 is 2.75 bits per heavy atom. The summed E-state index contributed by atoms with van der Waals surface area (Å²) in [5.74, 6) is -0.405. The summed E-state index contributed by atoms with van der Waals surface area (Å²) < 4.78 is 5.24. The molecule has 0 aromatic heterocycles. The molecule has 0 bridgehead atoms. The van der Waals surface area contributed by atoms with Crippen molar-refractivity contribution in [3.05, 3.63) is 28.8 Å². The summed E-state index contributed by atoms with van der Waals surface area (Å²) in [7, 11) is 0. The van der Waals surface area contributed by atoms with E-state index in [0.29, 0.717) is 18.1 Å². The van der Waals surface area contributed by atoms with Crippen LogP contribution in [0.4, 0.5) is 4.79 Å². The number of hydrogen-bond donors (Lipinski definition) is 2. The highest BCUT2D eigenvalue weighted by Gasteiger charge is 2.28. The van der Waals surface area contributed by atoms with Gasteiger partial charge in [0.05, 0.1) is 5.56 Å². The fraction of sp³-hybridized carbons (Fsp3) is 0.529. The summed E-state index contributed by atoms with van der Waals surface area (Å²) >= 11 is 5.90. The van der Waals surface area contributed by atoms with E-state index in [1.54, 1.807) is 25.7 Å². The molecular formula is C17H23ClN2O4. The molecule has 24 heavy (non-hydrogen) atoms. The second kappa shape index (κ2) is 7.30. The number of carbonyl (C=O) groups is 2. The summed E-state index contributed by atoms with van der Waals surface area (Å²) in [5.41, 5.74) is -0.402. The zero-order valence-electron chi connectivity index (χ0n) is 14.1. The Labute approximate surface area is 146 Å². The minimum absolute atomic E-state index is 0.105. The lowest BCUT2D eigenvalue weighted by Crippen LogP contribution is -2.50. The van der Waals surface area contributed by atoms with Gasteiger partial charge in [-0.2, -0.15) is 0 Å². The van der Waals surface area contributed by atoms with E-state index in [9.17, 15) is 14.7 Å². The fourth-order valence-electron chi connectivity index (χ4n) is 2.60. The molecule has 1 unspecified atom stereocenters. The van der Waals surface area contributed by atoms with Gasteiger partial charge in [-0.1, -0.05) is 11.6 Å². The Morgan fingerprint density at radius 1 is 1.38 bits per heavy atom. The van der Waals surface area contributed by atoms with E-state index in [0.717, 1.165) is 12.8 Å². The molecule has 0 saturated carbocycles. The summed E-state index contributed by atoms with van der Waals surface area (Å²) in [6, 6.07) is 4.19. The number of benzene rings is 1. The topological polar surface area (TPSA) is 78.9 Å². The highest BCUT2D eigenvalue weighted by molar-refractivity contribution is 6.31. The van der Waals surface area contributed by atoms with Crippen LogP contribution < -0.4 is 5.32 Å². The Kier molecular flexibility index (Phi) is 5.59. The highest BCUT2D eigenvalue weighted by Crippen LogP contribution is 2.24. The van der Waals surface area contributed by atoms with Gasteiger partial charge in [0.2, 0.25) is 0 Å². The third-order valence-electron chi connectivity index (χ3n) is 3.62. The van der Waals surface area contributed by atoms with Crippen molar-refractivity contribution in [1.82, 2.24) is 10.2 Å². The summed E-state index contributed by atoms with van der Waals surface area (Å²) in [6.07, 6.45) is 1.03. The van der Waals surface area contributed by atoms with Crippen LogP contribution in [0.15, 0.2) is 18.2 Å². The van der Waals surface area contributed by atoms with Gasteiger partial charge >= 0.3 is 6.09 Å². The SMILES string of the molecule is CC(C)(C)OC(=O)NC1CCCN(C(=O)c2cc(Cl)ccc2O)C1. The average molecular weight is 355 g/mol. The maximum atomic E-state index is 12.6. The number of alkyl carbamates (subject to hydrolysis) is 1. The van der Waals surface area contributed by atoms with Crippen molar-refractivity contribution in [2.75, 3.05) is 13.1 Å². The molecule has 2 amide bonds. The van der Waals surface area contributed by atoms with Crippen molar-refractivity contribution in [2.24, 2.45) is 0 Å². The van der Waals surface area contributed by atoms with Crippen molar-refractivity contribution < 1.29 is 19.4 Å². The Balaban J connectivity index is 2.01. The summed E-state index contributed by atoms with van der Waals surface area (Å²) in [5, 5.41) is 13.1. The third-order valence-corrected chi connectivity index (χ3v) is 3.85. The Bertz CT molecular complexity index is 628. The van der Waals surface area contributed by atoms with E-state index in [1.807, 2.05) is 0 Å². The van der Waals surface area contributed by atoms with Gasteiger partial charge in [0.25, 0.3) is 5.91 Å². The first-order valence-electron chi connectivity index (χ1n) is 7.93. The molecule has 2 rings (SSSR count). The molecule has 1 heterocycles. The number of rotatable bonds is 2. The van der Waals surface area contributed by atoms with Gasteiger partial charge in [-0.05, 0) is 51.8 Å².